The molecule has 1 atom stereocenters. The van der Waals surface area contributed by atoms with Crippen molar-refractivity contribution in [1.82, 2.24) is 4.57 Å². The van der Waals surface area contributed by atoms with Crippen LogP contribution in [0.5, 0.6) is 0 Å². The fourth-order valence-electron chi connectivity index (χ4n) is 6.11. The van der Waals surface area contributed by atoms with Crippen molar-refractivity contribution >= 4 is 63.8 Å². The highest BCUT2D eigenvalue weighted by Crippen LogP contribution is 2.64. The van der Waals surface area contributed by atoms with Crippen LogP contribution in [-0.2, 0) is 0 Å². The summed E-state index contributed by atoms with van der Waals surface area (Å²) in [5, 5.41) is 3.89. The van der Waals surface area contributed by atoms with Gasteiger partial charge in [-0.1, -0.05) is 91.0 Å². The van der Waals surface area contributed by atoms with Crippen molar-refractivity contribution in [2.45, 2.75) is 12.8 Å². The van der Waals surface area contributed by atoms with E-state index in [9.17, 15) is 0 Å². The Morgan fingerprint density at radius 2 is 1.18 bits per heavy atom. The maximum absolute atomic E-state index is 2.57. The lowest BCUT2D eigenvalue weighted by atomic mass is 10.1. The van der Waals surface area contributed by atoms with E-state index in [0.29, 0.717) is 0 Å². The summed E-state index contributed by atoms with van der Waals surface area (Å²) < 4.78 is 7.53. The number of aromatic nitrogens is 1. The third-order valence-corrected chi connectivity index (χ3v) is 10.2. The normalized spacial score (nSPS) is 16.5. The van der Waals surface area contributed by atoms with E-state index in [2.05, 4.69) is 160 Å². The maximum Gasteiger partial charge on any atom is 0.138 e. The van der Waals surface area contributed by atoms with Crippen molar-refractivity contribution in [3.63, 3.8) is 0 Å². The molecule has 5 aromatic carbocycles. The van der Waals surface area contributed by atoms with Crippen molar-refractivity contribution in [2.75, 3.05) is 9.34 Å². The molecule has 192 valence electrons. The molecule has 4 heteroatoms. The molecule has 0 fully saturated rings. The van der Waals surface area contributed by atoms with Gasteiger partial charge in [0.1, 0.15) is 8.22 Å². The number of rotatable bonds is 4. The van der Waals surface area contributed by atoms with Gasteiger partial charge in [0.15, 0.2) is 0 Å². The first-order valence-corrected chi connectivity index (χ1v) is 15.1. The molecule has 3 nitrogen and oxygen atoms in total. The fourth-order valence-corrected chi connectivity index (χ4v) is 8.63. The van der Waals surface area contributed by atoms with Gasteiger partial charge in [0, 0.05) is 33.1 Å². The molecule has 1 aromatic heterocycles. The quantitative estimate of drug-likeness (QED) is 0.209. The van der Waals surface area contributed by atoms with Crippen LogP contribution in [0.25, 0.3) is 27.5 Å². The third-order valence-electron chi connectivity index (χ3n) is 7.84. The lowest BCUT2D eigenvalue weighted by Crippen LogP contribution is -2.22. The monoisotopic (exact) mass is 533 g/mol. The van der Waals surface area contributed by atoms with Crippen LogP contribution >= 0.6 is 8.22 Å². The van der Waals surface area contributed by atoms with Gasteiger partial charge in [0.05, 0.1) is 22.4 Å². The zero-order valence-electron chi connectivity index (χ0n) is 22.1. The van der Waals surface area contributed by atoms with Gasteiger partial charge >= 0.3 is 0 Å². The molecule has 1 aliphatic carbocycles. The van der Waals surface area contributed by atoms with Gasteiger partial charge in [-0.25, -0.2) is 0 Å². The van der Waals surface area contributed by atoms with E-state index in [-0.39, 0.29) is 0 Å². The molecule has 1 unspecified atom stereocenters. The molecule has 0 radical (unpaired) electrons. The highest BCUT2D eigenvalue weighted by molar-refractivity contribution is 7.70. The molecular formula is C36H28N3P. The standard InChI is InChI=1S/C36H28N3P/c1-4-14-27(15-5-1)37-33-21-11-10-20-31(33)32-26-29(24-25-34(32)37)39-36-23-13-12-22-35(36)38(28-16-6-2-7-17-28)40(39)30-18-8-3-9-19-30/h2-4,6-26H,1,5H2. The molecule has 40 heavy (non-hydrogen) atoms. The van der Waals surface area contributed by atoms with Crippen molar-refractivity contribution in [3.05, 3.63) is 146 Å². The van der Waals surface area contributed by atoms with Crippen molar-refractivity contribution in [3.8, 4) is 0 Å². The van der Waals surface area contributed by atoms with Crippen molar-refractivity contribution in [1.29, 1.82) is 0 Å². The molecule has 1 aliphatic heterocycles. The van der Waals surface area contributed by atoms with Gasteiger partial charge in [0.2, 0.25) is 0 Å². The van der Waals surface area contributed by atoms with E-state index in [1.54, 1.807) is 0 Å². The number of para-hydroxylation sites is 4. The van der Waals surface area contributed by atoms with Crippen LogP contribution in [-0.4, -0.2) is 4.57 Å². The Hall–Kier alpha value is -4.59. The van der Waals surface area contributed by atoms with Crippen LogP contribution < -0.4 is 14.6 Å². The Bertz CT molecular complexity index is 1920. The van der Waals surface area contributed by atoms with E-state index < -0.39 is 8.22 Å². The lowest BCUT2D eigenvalue weighted by Gasteiger charge is -2.32. The molecule has 6 aromatic rings. The lowest BCUT2D eigenvalue weighted by molar-refractivity contribution is 1.02. The zero-order valence-corrected chi connectivity index (χ0v) is 23.0. The summed E-state index contributed by atoms with van der Waals surface area (Å²) in [5.41, 5.74) is 8.67. The molecule has 8 rings (SSSR count). The highest BCUT2D eigenvalue weighted by atomic mass is 31.1. The molecule has 2 aliphatic rings. The fraction of sp³-hybridized carbons (Fsp3) is 0.0556. The van der Waals surface area contributed by atoms with Crippen LogP contribution in [0.1, 0.15) is 12.8 Å². The summed E-state index contributed by atoms with van der Waals surface area (Å²) in [6, 6.07) is 46.5. The van der Waals surface area contributed by atoms with Gasteiger partial charge in [-0.15, -0.1) is 0 Å². The van der Waals surface area contributed by atoms with Gasteiger partial charge in [-0.05, 0) is 67.4 Å². The highest BCUT2D eigenvalue weighted by Gasteiger charge is 2.39. The van der Waals surface area contributed by atoms with E-state index in [0.717, 1.165) is 12.8 Å². The van der Waals surface area contributed by atoms with Gasteiger partial charge in [0.25, 0.3) is 0 Å². The zero-order chi connectivity index (χ0) is 26.5. The van der Waals surface area contributed by atoms with Crippen LogP contribution in [0.4, 0.5) is 22.7 Å². The molecule has 2 heterocycles. The van der Waals surface area contributed by atoms with Gasteiger partial charge < -0.3 is 4.57 Å². The number of hydrogen-bond acceptors (Lipinski definition) is 2. The molecule has 0 bridgehead atoms. The molecular weight excluding hydrogens is 505 g/mol. The van der Waals surface area contributed by atoms with Crippen LogP contribution in [0, 0.1) is 0 Å². The summed E-state index contributed by atoms with van der Waals surface area (Å²) in [4.78, 5) is 0. The predicted molar refractivity (Wildman–Crippen MR) is 172 cm³/mol. The molecule has 0 saturated carbocycles. The van der Waals surface area contributed by atoms with Gasteiger partial charge in [-0.3, -0.25) is 9.34 Å². The Kier molecular flexibility index (Phi) is 5.57. The largest absolute Gasteiger partial charge is 0.310 e. The minimum absolute atomic E-state index is 0.913. The third kappa shape index (κ3) is 3.62. The second-order valence-corrected chi connectivity index (χ2v) is 12.1. The Morgan fingerprint density at radius 1 is 0.525 bits per heavy atom. The number of anilines is 4. The Labute approximate surface area is 235 Å². The number of fused-ring (bicyclic) bond motifs is 4. The minimum Gasteiger partial charge on any atom is -0.310 e. The predicted octanol–water partition coefficient (Wildman–Crippen LogP) is 9.91. The minimum atomic E-state index is -0.913. The number of nitrogens with zero attached hydrogens (tertiary/aromatic N) is 3. The molecule has 0 spiro atoms. The maximum atomic E-state index is 2.57. The van der Waals surface area contributed by atoms with E-state index in [1.165, 1.54) is 55.6 Å². The SMILES string of the molecule is C1=CC(n2c3ccccc3c3cc(N4c5ccccc5N(c5ccccc5)P4c4ccccc4)ccc32)=CCC1. The first-order chi connectivity index (χ1) is 19.9. The first kappa shape index (κ1) is 23.3. The molecule has 0 N–H and O–H groups in total. The second kappa shape index (κ2) is 9.55. The molecule has 0 saturated heterocycles. The van der Waals surface area contributed by atoms with E-state index >= 15 is 0 Å². The van der Waals surface area contributed by atoms with Gasteiger partial charge in [-0.2, -0.15) is 0 Å². The van der Waals surface area contributed by atoms with E-state index in [4.69, 9.17) is 0 Å². The van der Waals surface area contributed by atoms with Crippen LogP contribution in [0.2, 0.25) is 0 Å². The van der Waals surface area contributed by atoms with Crippen molar-refractivity contribution in [2.24, 2.45) is 0 Å². The summed E-state index contributed by atoms with van der Waals surface area (Å²) in [6.07, 6.45) is 9.12. The summed E-state index contributed by atoms with van der Waals surface area (Å²) in [5.74, 6) is 0. The summed E-state index contributed by atoms with van der Waals surface area (Å²) in [7, 11) is -0.913. The first-order valence-electron chi connectivity index (χ1n) is 13.9. The van der Waals surface area contributed by atoms with Crippen LogP contribution in [0.3, 0.4) is 0 Å². The summed E-state index contributed by atoms with van der Waals surface area (Å²) >= 11 is 0. The molecule has 0 amide bonds. The Balaban J connectivity index is 1.37. The smallest absolute Gasteiger partial charge is 0.138 e. The Morgan fingerprint density at radius 3 is 1.93 bits per heavy atom. The average Bonchev–Trinajstić information content (AvgIpc) is 3.55. The number of allylic oxidation sites excluding steroid dienone is 4. The second-order valence-electron chi connectivity index (χ2n) is 10.2. The van der Waals surface area contributed by atoms with E-state index in [1.807, 2.05) is 0 Å². The van der Waals surface area contributed by atoms with Crippen LogP contribution in [0.15, 0.2) is 146 Å². The average molecular weight is 534 g/mol. The van der Waals surface area contributed by atoms with Crippen molar-refractivity contribution < 1.29 is 0 Å². The number of benzene rings is 5. The number of hydrogen-bond donors (Lipinski definition) is 0. The summed E-state index contributed by atoms with van der Waals surface area (Å²) in [6.45, 7) is 0. The topological polar surface area (TPSA) is 11.4 Å².